The molecule has 0 heterocycles. The summed E-state index contributed by atoms with van der Waals surface area (Å²) in [5, 5.41) is 12.7. The first-order valence-electron chi connectivity index (χ1n) is 8.22. The largest absolute Gasteiger partial charge is 0.508 e. The molecule has 0 amide bonds. The third-order valence-corrected chi connectivity index (χ3v) is 4.35. The Bertz CT molecular complexity index is 851. The Morgan fingerprint density at radius 1 is 1.00 bits per heavy atom. The Morgan fingerprint density at radius 3 is 2.42 bits per heavy atom. The molecule has 26 heavy (non-hydrogen) atoms. The van der Waals surface area contributed by atoms with E-state index in [9.17, 15) is 5.11 Å². The predicted octanol–water partition coefficient (Wildman–Crippen LogP) is 5.35. The van der Waals surface area contributed by atoms with E-state index < -0.39 is 0 Å². The van der Waals surface area contributed by atoms with Gasteiger partial charge < -0.3 is 19.9 Å². The maximum absolute atomic E-state index is 9.40. The van der Waals surface area contributed by atoms with E-state index in [0.29, 0.717) is 24.7 Å². The minimum Gasteiger partial charge on any atom is -0.508 e. The van der Waals surface area contributed by atoms with Crippen LogP contribution < -0.4 is 14.8 Å². The Kier molecular flexibility index (Phi) is 6.02. The van der Waals surface area contributed by atoms with Crippen molar-refractivity contribution in [2.75, 3.05) is 12.4 Å². The van der Waals surface area contributed by atoms with E-state index >= 15 is 0 Å². The van der Waals surface area contributed by atoms with Crippen molar-refractivity contribution < 1.29 is 14.6 Å². The second kappa shape index (κ2) is 8.63. The van der Waals surface area contributed by atoms with Crippen molar-refractivity contribution in [3.05, 3.63) is 82.3 Å². The van der Waals surface area contributed by atoms with Crippen molar-refractivity contribution in [1.29, 1.82) is 0 Å². The van der Waals surface area contributed by atoms with Gasteiger partial charge in [0.25, 0.3) is 0 Å². The fourth-order valence-electron chi connectivity index (χ4n) is 2.58. The van der Waals surface area contributed by atoms with Gasteiger partial charge in [-0.2, -0.15) is 0 Å². The molecule has 3 rings (SSSR count). The normalized spacial score (nSPS) is 10.4. The highest BCUT2D eigenvalue weighted by molar-refractivity contribution is 9.10. The Balaban J connectivity index is 1.80. The third kappa shape index (κ3) is 4.70. The van der Waals surface area contributed by atoms with Crippen LogP contribution in [0.5, 0.6) is 17.2 Å². The number of ether oxygens (including phenoxy) is 2. The summed E-state index contributed by atoms with van der Waals surface area (Å²) in [4.78, 5) is 0. The fourth-order valence-corrected chi connectivity index (χ4v) is 3.06. The topological polar surface area (TPSA) is 50.7 Å². The van der Waals surface area contributed by atoms with Gasteiger partial charge in [-0.3, -0.25) is 0 Å². The second-order valence-corrected chi connectivity index (χ2v) is 6.69. The molecule has 134 valence electrons. The summed E-state index contributed by atoms with van der Waals surface area (Å²) in [7, 11) is 1.63. The van der Waals surface area contributed by atoms with Crippen LogP contribution in [0.2, 0.25) is 0 Å². The van der Waals surface area contributed by atoms with Gasteiger partial charge in [0.15, 0.2) is 11.5 Å². The zero-order valence-corrected chi connectivity index (χ0v) is 16.0. The van der Waals surface area contributed by atoms with E-state index in [-0.39, 0.29) is 5.75 Å². The molecule has 0 saturated carbocycles. The molecule has 0 aliphatic rings. The number of rotatable bonds is 7. The molecule has 0 spiro atoms. The molecule has 2 N–H and O–H groups in total. The number of phenols is 1. The monoisotopic (exact) mass is 413 g/mol. The first-order valence-corrected chi connectivity index (χ1v) is 9.01. The quantitative estimate of drug-likeness (QED) is 0.512. The third-order valence-electron chi connectivity index (χ3n) is 3.89. The molecule has 0 aliphatic carbocycles. The summed E-state index contributed by atoms with van der Waals surface area (Å²) >= 11 is 3.52. The summed E-state index contributed by atoms with van der Waals surface area (Å²) in [6.45, 7) is 1.02. The maximum Gasteiger partial charge on any atom is 0.166 e. The zero-order valence-electron chi connectivity index (χ0n) is 14.4. The predicted molar refractivity (Wildman–Crippen MR) is 107 cm³/mol. The Morgan fingerprint density at radius 2 is 1.73 bits per heavy atom. The molecule has 0 bridgehead atoms. The summed E-state index contributed by atoms with van der Waals surface area (Å²) in [6, 6.07) is 20.9. The van der Waals surface area contributed by atoms with Gasteiger partial charge >= 0.3 is 0 Å². The molecule has 0 atom stereocenters. The number of phenolic OH excluding ortho intramolecular Hbond substituents is 1. The highest BCUT2D eigenvalue weighted by atomic mass is 79.9. The highest BCUT2D eigenvalue weighted by Gasteiger charge is 2.13. The van der Waals surface area contributed by atoms with Gasteiger partial charge in [0, 0.05) is 22.3 Å². The first kappa shape index (κ1) is 18.1. The molecule has 3 aromatic rings. The lowest BCUT2D eigenvalue weighted by Gasteiger charge is -2.17. The first-order chi connectivity index (χ1) is 12.7. The molecule has 0 fully saturated rings. The number of nitrogens with one attached hydrogen (secondary N) is 1. The minimum atomic E-state index is 0.242. The van der Waals surface area contributed by atoms with Crippen LogP contribution in [-0.2, 0) is 13.2 Å². The van der Waals surface area contributed by atoms with Gasteiger partial charge in [0.2, 0.25) is 0 Å². The number of hydrogen-bond acceptors (Lipinski definition) is 4. The van der Waals surface area contributed by atoms with Crippen LogP contribution in [0.1, 0.15) is 11.1 Å². The fraction of sp³-hybridized carbons (Fsp3) is 0.143. The van der Waals surface area contributed by atoms with Gasteiger partial charge in [-0.25, -0.2) is 0 Å². The summed E-state index contributed by atoms with van der Waals surface area (Å²) in [5.74, 6) is 1.63. The number of hydrogen-bond donors (Lipinski definition) is 2. The van der Waals surface area contributed by atoms with Crippen molar-refractivity contribution in [1.82, 2.24) is 0 Å². The average molecular weight is 414 g/mol. The lowest BCUT2D eigenvalue weighted by molar-refractivity contribution is 0.281. The van der Waals surface area contributed by atoms with E-state index in [4.69, 9.17) is 9.47 Å². The number of halogens is 1. The van der Waals surface area contributed by atoms with E-state index in [0.717, 1.165) is 21.3 Å². The van der Waals surface area contributed by atoms with Gasteiger partial charge in [-0.05, 0) is 42.0 Å². The van der Waals surface area contributed by atoms with Crippen molar-refractivity contribution in [2.24, 2.45) is 0 Å². The number of methoxy groups -OCH3 is 1. The van der Waals surface area contributed by atoms with Crippen molar-refractivity contribution in [3.63, 3.8) is 0 Å². The van der Waals surface area contributed by atoms with Crippen LogP contribution in [0, 0.1) is 0 Å². The van der Waals surface area contributed by atoms with Gasteiger partial charge in [0.1, 0.15) is 12.4 Å². The summed E-state index contributed by atoms with van der Waals surface area (Å²) < 4.78 is 12.5. The lowest BCUT2D eigenvalue weighted by atomic mass is 10.1. The van der Waals surface area contributed by atoms with Crippen LogP contribution in [0.3, 0.4) is 0 Å². The molecule has 3 aromatic carbocycles. The van der Waals surface area contributed by atoms with Crippen molar-refractivity contribution in [3.8, 4) is 17.2 Å². The molecule has 0 unspecified atom stereocenters. The van der Waals surface area contributed by atoms with Crippen LogP contribution in [0.4, 0.5) is 5.69 Å². The Labute approximate surface area is 161 Å². The van der Waals surface area contributed by atoms with Crippen LogP contribution in [-0.4, -0.2) is 12.2 Å². The standard InChI is InChI=1S/C21H20BrNO3/c1-25-20-12-17(22)11-16(13-23-18-7-9-19(24)10-8-18)21(20)26-14-15-5-3-2-4-6-15/h2-12,23-24H,13-14H2,1H3. The molecule has 0 radical (unpaired) electrons. The molecular weight excluding hydrogens is 394 g/mol. The zero-order chi connectivity index (χ0) is 18.4. The molecule has 0 aliphatic heterocycles. The number of anilines is 1. The van der Waals surface area contributed by atoms with E-state index in [1.54, 1.807) is 19.2 Å². The van der Waals surface area contributed by atoms with Gasteiger partial charge in [0.05, 0.1) is 7.11 Å². The minimum absolute atomic E-state index is 0.242. The van der Waals surface area contributed by atoms with Crippen LogP contribution >= 0.6 is 15.9 Å². The molecule has 4 nitrogen and oxygen atoms in total. The SMILES string of the molecule is COc1cc(Br)cc(CNc2ccc(O)cc2)c1OCc1ccccc1. The van der Waals surface area contributed by atoms with Gasteiger partial charge in [-0.1, -0.05) is 46.3 Å². The Hall–Kier alpha value is -2.66. The molecule has 0 saturated heterocycles. The van der Waals surface area contributed by atoms with Crippen molar-refractivity contribution in [2.45, 2.75) is 13.2 Å². The second-order valence-electron chi connectivity index (χ2n) is 5.77. The number of benzene rings is 3. The van der Waals surface area contributed by atoms with Crippen molar-refractivity contribution >= 4 is 21.6 Å². The molecular formula is C21H20BrNO3. The summed E-state index contributed by atoms with van der Waals surface area (Å²) in [5.41, 5.74) is 2.98. The smallest absolute Gasteiger partial charge is 0.166 e. The van der Waals surface area contributed by atoms with Crippen LogP contribution in [0.15, 0.2) is 71.2 Å². The van der Waals surface area contributed by atoms with Crippen LogP contribution in [0.25, 0.3) is 0 Å². The maximum atomic E-state index is 9.40. The molecule has 5 heteroatoms. The van der Waals surface area contributed by atoms with E-state index in [2.05, 4.69) is 21.2 Å². The van der Waals surface area contributed by atoms with Gasteiger partial charge in [-0.15, -0.1) is 0 Å². The van der Waals surface area contributed by atoms with E-state index in [1.807, 2.05) is 54.6 Å². The average Bonchev–Trinajstić information content (AvgIpc) is 2.67. The lowest BCUT2D eigenvalue weighted by Crippen LogP contribution is -2.05. The molecule has 0 aromatic heterocycles. The highest BCUT2D eigenvalue weighted by Crippen LogP contribution is 2.36. The summed E-state index contributed by atoms with van der Waals surface area (Å²) in [6.07, 6.45) is 0. The number of aromatic hydroxyl groups is 1. The van der Waals surface area contributed by atoms with E-state index in [1.165, 1.54) is 0 Å².